The lowest BCUT2D eigenvalue weighted by Gasteiger charge is -2.32. The Morgan fingerprint density at radius 1 is 1.26 bits per heavy atom. The third-order valence-corrected chi connectivity index (χ3v) is 6.07. The first kappa shape index (κ1) is 19.9. The first-order chi connectivity index (χ1) is 10.4. The van der Waals surface area contributed by atoms with E-state index in [4.69, 9.17) is 5.73 Å². The second-order valence-electron chi connectivity index (χ2n) is 5.62. The fourth-order valence-electron chi connectivity index (χ4n) is 2.67. The van der Waals surface area contributed by atoms with Crippen LogP contribution in [-0.4, -0.2) is 44.9 Å². The van der Waals surface area contributed by atoms with E-state index in [1.54, 1.807) is 0 Å². The summed E-state index contributed by atoms with van der Waals surface area (Å²) >= 11 is 0. The SMILES string of the molecule is COC(=O)c1ccc(S(=O)(=O)N2CCC(C(C)N)CC2)cc1.Cl. The van der Waals surface area contributed by atoms with Crippen LogP contribution in [0.2, 0.25) is 0 Å². The van der Waals surface area contributed by atoms with Crippen molar-refractivity contribution >= 4 is 28.4 Å². The lowest BCUT2D eigenvalue weighted by atomic mass is 9.92. The standard InChI is InChI=1S/C15H22N2O4S.ClH/c1-11(16)12-7-9-17(10-8-12)22(19,20)14-5-3-13(4-6-14)15(18)21-2;/h3-6,11-12H,7-10,16H2,1-2H3;1H. The van der Waals surface area contributed by atoms with Crippen molar-refractivity contribution in [2.24, 2.45) is 11.7 Å². The minimum absolute atomic E-state index is 0. The molecule has 23 heavy (non-hydrogen) atoms. The van der Waals surface area contributed by atoms with Crippen LogP contribution < -0.4 is 5.73 Å². The van der Waals surface area contributed by atoms with Crippen LogP contribution in [0.1, 0.15) is 30.1 Å². The maximum absolute atomic E-state index is 12.6. The monoisotopic (exact) mass is 362 g/mol. The molecule has 0 spiro atoms. The zero-order valence-corrected chi connectivity index (χ0v) is 14.9. The number of hydrogen-bond acceptors (Lipinski definition) is 5. The fraction of sp³-hybridized carbons (Fsp3) is 0.533. The van der Waals surface area contributed by atoms with Crippen LogP contribution in [-0.2, 0) is 14.8 Å². The number of sulfonamides is 1. The predicted octanol–water partition coefficient (Wildman–Crippen LogP) is 1.64. The molecular weight excluding hydrogens is 340 g/mol. The van der Waals surface area contributed by atoms with Crippen LogP contribution in [0.5, 0.6) is 0 Å². The first-order valence-electron chi connectivity index (χ1n) is 7.30. The fourth-order valence-corrected chi connectivity index (χ4v) is 4.14. The molecule has 1 aromatic rings. The molecule has 0 radical (unpaired) electrons. The molecule has 8 heteroatoms. The zero-order chi connectivity index (χ0) is 16.3. The van der Waals surface area contributed by atoms with Gasteiger partial charge in [0.2, 0.25) is 10.0 Å². The number of benzene rings is 1. The maximum atomic E-state index is 12.6. The number of nitrogens with two attached hydrogens (primary N) is 1. The van der Waals surface area contributed by atoms with Crippen molar-refractivity contribution in [2.75, 3.05) is 20.2 Å². The van der Waals surface area contributed by atoms with Gasteiger partial charge < -0.3 is 10.5 Å². The van der Waals surface area contributed by atoms with Gasteiger partial charge in [-0.3, -0.25) is 0 Å². The van der Waals surface area contributed by atoms with Gasteiger partial charge in [-0.2, -0.15) is 4.31 Å². The lowest BCUT2D eigenvalue weighted by molar-refractivity contribution is 0.0600. The number of hydrogen-bond donors (Lipinski definition) is 1. The number of halogens is 1. The van der Waals surface area contributed by atoms with Crippen LogP contribution in [0.3, 0.4) is 0 Å². The molecule has 0 bridgehead atoms. The quantitative estimate of drug-likeness (QED) is 0.822. The van der Waals surface area contributed by atoms with Gasteiger partial charge in [0, 0.05) is 19.1 Å². The molecule has 130 valence electrons. The maximum Gasteiger partial charge on any atom is 0.337 e. The summed E-state index contributed by atoms with van der Waals surface area (Å²) in [5.74, 6) is -0.116. The highest BCUT2D eigenvalue weighted by Gasteiger charge is 2.30. The molecule has 1 fully saturated rings. The minimum atomic E-state index is -3.52. The second kappa shape index (κ2) is 8.10. The van der Waals surface area contributed by atoms with Gasteiger partial charge in [-0.25, -0.2) is 13.2 Å². The van der Waals surface area contributed by atoms with Gasteiger partial charge in [0.15, 0.2) is 0 Å². The van der Waals surface area contributed by atoms with E-state index in [-0.39, 0.29) is 23.3 Å². The summed E-state index contributed by atoms with van der Waals surface area (Å²) in [7, 11) is -2.23. The number of esters is 1. The van der Waals surface area contributed by atoms with E-state index in [0.717, 1.165) is 12.8 Å². The molecule has 0 saturated carbocycles. The summed E-state index contributed by atoms with van der Waals surface area (Å²) in [5, 5.41) is 0. The number of ether oxygens (including phenoxy) is 1. The van der Waals surface area contributed by atoms with E-state index in [0.29, 0.717) is 24.6 Å². The summed E-state index contributed by atoms with van der Waals surface area (Å²) in [4.78, 5) is 11.6. The Balaban J connectivity index is 0.00000264. The normalized spacial score (nSPS) is 18.0. The molecule has 1 heterocycles. The van der Waals surface area contributed by atoms with Gasteiger partial charge in [0.05, 0.1) is 17.6 Å². The van der Waals surface area contributed by atoms with Crippen molar-refractivity contribution in [3.05, 3.63) is 29.8 Å². The smallest absolute Gasteiger partial charge is 0.337 e. The predicted molar refractivity (Wildman–Crippen MR) is 90.2 cm³/mol. The number of methoxy groups -OCH3 is 1. The summed E-state index contributed by atoms with van der Waals surface area (Å²) in [5.41, 5.74) is 6.21. The zero-order valence-electron chi connectivity index (χ0n) is 13.3. The van der Waals surface area contributed by atoms with Crippen molar-refractivity contribution in [1.29, 1.82) is 0 Å². The van der Waals surface area contributed by atoms with Gasteiger partial charge >= 0.3 is 5.97 Å². The second-order valence-corrected chi connectivity index (χ2v) is 7.55. The largest absolute Gasteiger partial charge is 0.465 e. The Morgan fingerprint density at radius 2 is 1.78 bits per heavy atom. The van der Waals surface area contributed by atoms with E-state index in [9.17, 15) is 13.2 Å². The highest BCUT2D eigenvalue weighted by atomic mass is 35.5. The van der Waals surface area contributed by atoms with Crippen LogP contribution in [0, 0.1) is 5.92 Å². The van der Waals surface area contributed by atoms with E-state index in [1.165, 1.54) is 35.7 Å². The number of piperidine rings is 1. The highest BCUT2D eigenvalue weighted by Crippen LogP contribution is 2.25. The van der Waals surface area contributed by atoms with Crippen molar-refractivity contribution in [3.8, 4) is 0 Å². The molecule has 0 aliphatic carbocycles. The van der Waals surface area contributed by atoms with Crippen molar-refractivity contribution in [2.45, 2.75) is 30.7 Å². The summed E-state index contributed by atoms with van der Waals surface area (Å²) in [6, 6.07) is 5.91. The van der Waals surface area contributed by atoms with Crippen LogP contribution >= 0.6 is 12.4 Å². The molecule has 0 amide bonds. The topological polar surface area (TPSA) is 89.7 Å². The molecule has 1 aromatic carbocycles. The van der Waals surface area contributed by atoms with Gasteiger partial charge in [-0.05, 0) is 49.9 Å². The average Bonchev–Trinajstić information content (AvgIpc) is 2.54. The molecule has 2 rings (SSSR count). The van der Waals surface area contributed by atoms with Gasteiger partial charge in [-0.1, -0.05) is 0 Å². The number of rotatable bonds is 4. The summed E-state index contributed by atoms with van der Waals surface area (Å²) in [6.45, 7) is 2.92. The van der Waals surface area contributed by atoms with E-state index in [2.05, 4.69) is 4.74 Å². The molecule has 1 atom stereocenters. The Bertz CT molecular complexity index is 623. The Labute approximate surface area is 143 Å². The van der Waals surface area contributed by atoms with Crippen molar-refractivity contribution < 1.29 is 17.9 Å². The third-order valence-electron chi connectivity index (χ3n) is 4.16. The van der Waals surface area contributed by atoms with E-state index in [1.807, 2.05) is 6.92 Å². The van der Waals surface area contributed by atoms with Crippen LogP contribution in [0.4, 0.5) is 0 Å². The molecule has 1 aliphatic rings. The third kappa shape index (κ3) is 4.44. The van der Waals surface area contributed by atoms with Gasteiger partial charge in [-0.15, -0.1) is 12.4 Å². The molecule has 2 N–H and O–H groups in total. The van der Waals surface area contributed by atoms with Crippen molar-refractivity contribution in [3.63, 3.8) is 0 Å². The Kier molecular flexibility index (Phi) is 7.01. The number of carbonyl (C=O) groups is 1. The number of nitrogens with zero attached hydrogens (tertiary/aromatic N) is 1. The molecular formula is C15H23ClN2O4S. The van der Waals surface area contributed by atoms with E-state index >= 15 is 0 Å². The Hall–Kier alpha value is -1.15. The van der Waals surface area contributed by atoms with E-state index < -0.39 is 16.0 Å². The first-order valence-corrected chi connectivity index (χ1v) is 8.74. The summed E-state index contributed by atoms with van der Waals surface area (Å²) < 4.78 is 31.3. The van der Waals surface area contributed by atoms with Crippen molar-refractivity contribution in [1.82, 2.24) is 4.31 Å². The van der Waals surface area contributed by atoms with Crippen LogP contribution in [0.25, 0.3) is 0 Å². The molecule has 1 aliphatic heterocycles. The summed E-state index contributed by atoms with van der Waals surface area (Å²) in [6.07, 6.45) is 1.55. The van der Waals surface area contributed by atoms with Gasteiger partial charge in [0.25, 0.3) is 0 Å². The minimum Gasteiger partial charge on any atom is -0.465 e. The highest BCUT2D eigenvalue weighted by molar-refractivity contribution is 7.89. The Morgan fingerprint density at radius 3 is 2.22 bits per heavy atom. The molecule has 1 saturated heterocycles. The molecule has 1 unspecified atom stereocenters. The molecule has 0 aromatic heterocycles. The lowest BCUT2D eigenvalue weighted by Crippen LogP contribution is -2.42. The number of carbonyl (C=O) groups excluding carboxylic acids is 1. The van der Waals surface area contributed by atoms with Crippen LogP contribution in [0.15, 0.2) is 29.2 Å². The molecule has 6 nitrogen and oxygen atoms in total. The van der Waals surface area contributed by atoms with Gasteiger partial charge in [0.1, 0.15) is 0 Å². The average molecular weight is 363 g/mol.